The van der Waals surface area contributed by atoms with Gasteiger partial charge in [0.15, 0.2) is 0 Å². The van der Waals surface area contributed by atoms with Crippen LogP contribution in [0.5, 0.6) is 5.75 Å². The van der Waals surface area contributed by atoms with Crippen molar-refractivity contribution in [3.8, 4) is 5.75 Å². The fraction of sp³-hybridized carbons (Fsp3) is 0.647. The second-order valence-electron chi connectivity index (χ2n) is 6.49. The first-order valence-electron chi connectivity index (χ1n) is 8.09. The summed E-state index contributed by atoms with van der Waals surface area (Å²) in [6.07, 6.45) is 4.97. The first kappa shape index (κ1) is 15.1. The lowest BCUT2D eigenvalue weighted by molar-refractivity contribution is 0.164. The maximum atomic E-state index is 5.58. The molecule has 0 aromatic heterocycles. The topological polar surface area (TPSA) is 24.5 Å². The first-order valence-corrected chi connectivity index (χ1v) is 8.09. The quantitative estimate of drug-likeness (QED) is 0.927. The van der Waals surface area contributed by atoms with Crippen LogP contribution in [0.3, 0.4) is 0 Å². The molecular formula is C17H25ClN2O. The molecule has 116 valence electrons. The van der Waals surface area contributed by atoms with Crippen LogP contribution in [-0.2, 0) is 12.8 Å². The molecular weight excluding hydrogens is 284 g/mol. The van der Waals surface area contributed by atoms with E-state index in [1.54, 1.807) is 0 Å². The molecule has 0 radical (unpaired) electrons. The van der Waals surface area contributed by atoms with Crippen LogP contribution in [0.1, 0.15) is 24.0 Å². The minimum atomic E-state index is 0. The summed E-state index contributed by atoms with van der Waals surface area (Å²) in [7, 11) is 0. The van der Waals surface area contributed by atoms with E-state index in [-0.39, 0.29) is 12.4 Å². The van der Waals surface area contributed by atoms with Crippen molar-refractivity contribution in [1.82, 2.24) is 10.2 Å². The average molecular weight is 309 g/mol. The van der Waals surface area contributed by atoms with Gasteiger partial charge >= 0.3 is 0 Å². The van der Waals surface area contributed by atoms with Crippen molar-refractivity contribution in [1.29, 1.82) is 0 Å². The Bertz CT molecular complexity index is 494. The smallest absolute Gasteiger partial charge is 0.122 e. The molecule has 3 heterocycles. The molecule has 2 atom stereocenters. The van der Waals surface area contributed by atoms with Crippen LogP contribution >= 0.6 is 12.4 Å². The van der Waals surface area contributed by atoms with Gasteiger partial charge in [0.25, 0.3) is 0 Å². The van der Waals surface area contributed by atoms with E-state index in [1.807, 2.05) is 0 Å². The number of piperidine rings is 1. The standard InChI is InChI=1S/C17H24N2O.ClH/c1-2-17-14(6-10-20-17)11-13(1)4-8-19-9-5-16-15(12-19)3-7-18-16;/h1-2,11,15-16,18H,3-10,12H2;1H. The van der Waals surface area contributed by atoms with E-state index in [1.165, 1.54) is 56.6 Å². The van der Waals surface area contributed by atoms with Crippen LogP contribution < -0.4 is 10.1 Å². The highest BCUT2D eigenvalue weighted by Gasteiger charge is 2.32. The number of benzene rings is 1. The Morgan fingerprint density at radius 2 is 2.24 bits per heavy atom. The summed E-state index contributed by atoms with van der Waals surface area (Å²) in [5.41, 5.74) is 2.88. The predicted octanol–water partition coefficient (Wildman–Crippen LogP) is 2.27. The Balaban J connectivity index is 0.00000132. The number of hydrogen-bond donors (Lipinski definition) is 1. The molecule has 21 heavy (non-hydrogen) atoms. The largest absolute Gasteiger partial charge is 0.493 e. The minimum Gasteiger partial charge on any atom is -0.493 e. The number of fused-ring (bicyclic) bond motifs is 2. The fourth-order valence-electron chi connectivity index (χ4n) is 4.01. The van der Waals surface area contributed by atoms with Crippen molar-refractivity contribution in [2.75, 3.05) is 32.8 Å². The molecule has 2 saturated heterocycles. The van der Waals surface area contributed by atoms with Gasteiger partial charge in [0, 0.05) is 25.6 Å². The molecule has 2 fully saturated rings. The van der Waals surface area contributed by atoms with E-state index in [9.17, 15) is 0 Å². The molecule has 0 spiro atoms. The molecule has 0 bridgehead atoms. The lowest BCUT2D eigenvalue weighted by Gasteiger charge is -2.34. The van der Waals surface area contributed by atoms with Crippen LogP contribution in [0, 0.1) is 5.92 Å². The Morgan fingerprint density at radius 3 is 3.19 bits per heavy atom. The van der Waals surface area contributed by atoms with Gasteiger partial charge in [0.05, 0.1) is 6.61 Å². The van der Waals surface area contributed by atoms with E-state index in [4.69, 9.17) is 4.74 Å². The molecule has 0 amide bonds. The number of nitrogens with one attached hydrogen (secondary N) is 1. The van der Waals surface area contributed by atoms with Crippen molar-refractivity contribution in [2.45, 2.75) is 31.7 Å². The Morgan fingerprint density at radius 1 is 1.29 bits per heavy atom. The van der Waals surface area contributed by atoms with E-state index in [0.717, 1.165) is 30.7 Å². The maximum absolute atomic E-state index is 5.58. The van der Waals surface area contributed by atoms with E-state index < -0.39 is 0 Å². The lowest BCUT2D eigenvalue weighted by atomic mass is 9.93. The Labute approximate surface area is 133 Å². The Hall–Kier alpha value is -0.770. The van der Waals surface area contributed by atoms with E-state index in [0.29, 0.717) is 0 Å². The molecule has 4 rings (SSSR count). The summed E-state index contributed by atoms with van der Waals surface area (Å²) in [6.45, 7) is 5.87. The number of ether oxygens (including phenoxy) is 1. The minimum absolute atomic E-state index is 0. The molecule has 0 aliphatic carbocycles. The maximum Gasteiger partial charge on any atom is 0.122 e. The lowest BCUT2D eigenvalue weighted by Crippen LogP contribution is -2.44. The van der Waals surface area contributed by atoms with Crippen molar-refractivity contribution < 1.29 is 4.74 Å². The van der Waals surface area contributed by atoms with Gasteiger partial charge in [-0.1, -0.05) is 12.1 Å². The van der Waals surface area contributed by atoms with Gasteiger partial charge in [-0.3, -0.25) is 0 Å². The van der Waals surface area contributed by atoms with E-state index in [2.05, 4.69) is 28.4 Å². The molecule has 3 nitrogen and oxygen atoms in total. The molecule has 3 aliphatic heterocycles. The van der Waals surface area contributed by atoms with Crippen LogP contribution in [0.4, 0.5) is 0 Å². The van der Waals surface area contributed by atoms with Crippen molar-refractivity contribution in [3.63, 3.8) is 0 Å². The molecule has 1 N–H and O–H groups in total. The average Bonchev–Trinajstić information content (AvgIpc) is 3.12. The van der Waals surface area contributed by atoms with Gasteiger partial charge in [0.1, 0.15) is 5.75 Å². The molecule has 1 aromatic carbocycles. The zero-order valence-electron chi connectivity index (χ0n) is 12.5. The second kappa shape index (κ2) is 6.55. The third-order valence-corrected chi connectivity index (χ3v) is 5.21. The zero-order valence-corrected chi connectivity index (χ0v) is 13.3. The number of nitrogens with zero attached hydrogens (tertiary/aromatic N) is 1. The van der Waals surface area contributed by atoms with Gasteiger partial charge in [-0.25, -0.2) is 0 Å². The molecule has 3 aliphatic rings. The third kappa shape index (κ3) is 3.20. The number of halogens is 1. The summed E-state index contributed by atoms with van der Waals surface area (Å²) < 4.78 is 5.58. The van der Waals surface area contributed by atoms with Crippen LogP contribution in [0.2, 0.25) is 0 Å². The van der Waals surface area contributed by atoms with Crippen LogP contribution in [0.25, 0.3) is 0 Å². The SMILES string of the molecule is Cl.c1cc2c(cc1CCN1CCC3NCCC3C1)CCO2. The number of hydrogen-bond acceptors (Lipinski definition) is 3. The van der Waals surface area contributed by atoms with Gasteiger partial charge < -0.3 is 15.0 Å². The fourth-order valence-corrected chi connectivity index (χ4v) is 4.01. The van der Waals surface area contributed by atoms with Crippen molar-refractivity contribution in [2.24, 2.45) is 5.92 Å². The highest BCUT2D eigenvalue weighted by molar-refractivity contribution is 5.85. The summed E-state index contributed by atoms with van der Waals surface area (Å²) in [6, 6.07) is 7.56. The third-order valence-electron chi connectivity index (χ3n) is 5.21. The van der Waals surface area contributed by atoms with Gasteiger partial charge in [-0.2, -0.15) is 0 Å². The van der Waals surface area contributed by atoms with E-state index >= 15 is 0 Å². The molecule has 1 aromatic rings. The van der Waals surface area contributed by atoms with Crippen LogP contribution in [-0.4, -0.2) is 43.7 Å². The second-order valence-corrected chi connectivity index (χ2v) is 6.49. The summed E-state index contributed by atoms with van der Waals surface area (Å²) in [5.74, 6) is 2.00. The normalized spacial score (nSPS) is 27.6. The highest BCUT2D eigenvalue weighted by atomic mass is 35.5. The first-order chi connectivity index (χ1) is 9.88. The Kier molecular flexibility index (Phi) is 4.72. The van der Waals surface area contributed by atoms with Crippen LogP contribution in [0.15, 0.2) is 18.2 Å². The van der Waals surface area contributed by atoms with Crippen molar-refractivity contribution in [3.05, 3.63) is 29.3 Å². The summed E-state index contributed by atoms with van der Waals surface area (Å²) in [4.78, 5) is 2.66. The molecule has 4 heteroatoms. The van der Waals surface area contributed by atoms with Gasteiger partial charge in [0.2, 0.25) is 0 Å². The monoisotopic (exact) mass is 308 g/mol. The molecule has 2 unspecified atom stereocenters. The highest BCUT2D eigenvalue weighted by Crippen LogP contribution is 2.27. The summed E-state index contributed by atoms with van der Waals surface area (Å²) >= 11 is 0. The number of rotatable bonds is 3. The van der Waals surface area contributed by atoms with Gasteiger partial charge in [-0.15, -0.1) is 12.4 Å². The number of likely N-dealkylation sites (tertiary alicyclic amines) is 1. The predicted molar refractivity (Wildman–Crippen MR) is 87.5 cm³/mol. The zero-order chi connectivity index (χ0) is 13.4. The molecule has 0 saturated carbocycles. The summed E-state index contributed by atoms with van der Waals surface area (Å²) in [5, 5.41) is 3.64. The van der Waals surface area contributed by atoms with Crippen molar-refractivity contribution >= 4 is 12.4 Å². The van der Waals surface area contributed by atoms with Gasteiger partial charge in [-0.05, 0) is 55.5 Å².